The first kappa shape index (κ1) is 21.1. The Morgan fingerprint density at radius 3 is 2.38 bits per heavy atom. The topological polar surface area (TPSA) is 83.0 Å². The van der Waals surface area contributed by atoms with Gasteiger partial charge >= 0.3 is 0 Å². The molecule has 1 saturated heterocycles. The van der Waals surface area contributed by atoms with Crippen LogP contribution in [0.1, 0.15) is 18.4 Å². The molecule has 0 aliphatic carbocycles. The molecule has 2 aromatic carbocycles. The number of benzene rings is 2. The first-order valence-electron chi connectivity index (χ1n) is 9.81. The molecule has 0 aromatic heterocycles. The molecule has 0 unspecified atom stereocenters. The van der Waals surface area contributed by atoms with Crippen molar-refractivity contribution in [1.82, 2.24) is 14.9 Å². The molecule has 0 amide bonds. The van der Waals surface area contributed by atoms with Crippen LogP contribution >= 0.6 is 0 Å². The number of guanidine groups is 1. The van der Waals surface area contributed by atoms with E-state index in [2.05, 4.69) is 15.6 Å². The fraction of sp³-hybridized carbons (Fsp3) is 0.381. The normalized spacial score (nSPS) is 15.3. The highest BCUT2D eigenvalue weighted by atomic mass is 32.2. The van der Waals surface area contributed by atoms with Crippen LogP contribution in [0.2, 0.25) is 0 Å². The van der Waals surface area contributed by atoms with Crippen molar-refractivity contribution in [3.63, 3.8) is 0 Å². The largest absolute Gasteiger partial charge is 0.492 e. The number of hydrogen-bond acceptors (Lipinski definition) is 4. The Morgan fingerprint density at radius 1 is 1.03 bits per heavy atom. The van der Waals surface area contributed by atoms with E-state index in [4.69, 9.17) is 4.74 Å². The molecule has 0 radical (unpaired) electrons. The van der Waals surface area contributed by atoms with Gasteiger partial charge in [-0.05, 0) is 42.7 Å². The Balaban J connectivity index is 1.44. The van der Waals surface area contributed by atoms with Crippen LogP contribution in [-0.4, -0.2) is 52.0 Å². The summed E-state index contributed by atoms with van der Waals surface area (Å²) in [6.45, 7) is 2.90. The summed E-state index contributed by atoms with van der Waals surface area (Å²) in [4.78, 5) is 4.54. The van der Waals surface area contributed by atoms with Crippen LogP contribution in [0, 0.1) is 0 Å². The number of nitrogens with zero attached hydrogens (tertiary/aromatic N) is 2. The van der Waals surface area contributed by atoms with Gasteiger partial charge in [-0.15, -0.1) is 0 Å². The van der Waals surface area contributed by atoms with Crippen molar-refractivity contribution < 1.29 is 13.2 Å². The van der Waals surface area contributed by atoms with E-state index >= 15 is 0 Å². The zero-order valence-electron chi connectivity index (χ0n) is 16.7. The monoisotopic (exact) mass is 416 g/mol. The number of nitrogens with one attached hydrogen (secondary N) is 2. The lowest BCUT2D eigenvalue weighted by atomic mass is 10.2. The minimum Gasteiger partial charge on any atom is -0.492 e. The fourth-order valence-electron chi connectivity index (χ4n) is 3.12. The van der Waals surface area contributed by atoms with Gasteiger partial charge in [0.25, 0.3) is 0 Å². The number of aliphatic imine (C=N–C) groups is 1. The Hall–Kier alpha value is -2.58. The van der Waals surface area contributed by atoms with Gasteiger partial charge in [-0.1, -0.05) is 30.3 Å². The molecule has 2 aromatic rings. The molecule has 1 aliphatic heterocycles. The zero-order chi connectivity index (χ0) is 20.5. The molecule has 8 heteroatoms. The quantitative estimate of drug-likeness (QED) is 0.392. The van der Waals surface area contributed by atoms with Crippen molar-refractivity contribution in [2.45, 2.75) is 24.3 Å². The minimum atomic E-state index is -3.37. The molecule has 1 fully saturated rings. The summed E-state index contributed by atoms with van der Waals surface area (Å²) in [7, 11) is -1.66. The molecule has 0 bridgehead atoms. The third-order valence-corrected chi connectivity index (χ3v) is 6.63. The standard InChI is InChI=1S/C21H28N4O3S/c1-22-21(23-13-16-28-19-7-3-2-4-8-19)24-17-18-9-11-20(12-10-18)29(26,27)25-14-5-6-15-25/h2-4,7-12H,5-6,13-17H2,1H3,(H2,22,23,24). The van der Waals surface area contributed by atoms with Crippen LogP contribution < -0.4 is 15.4 Å². The van der Waals surface area contributed by atoms with Crippen LogP contribution in [0.25, 0.3) is 0 Å². The number of sulfonamides is 1. The minimum absolute atomic E-state index is 0.351. The molecule has 0 atom stereocenters. The molecule has 0 saturated carbocycles. The van der Waals surface area contributed by atoms with E-state index in [1.807, 2.05) is 42.5 Å². The van der Waals surface area contributed by atoms with E-state index in [9.17, 15) is 8.42 Å². The van der Waals surface area contributed by atoms with Crippen LogP contribution in [0.5, 0.6) is 5.75 Å². The predicted octanol–water partition coefficient (Wildman–Crippen LogP) is 2.22. The molecular weight excluding hydrogens is 388 g/mol. The second kappa shape index (κ2) is 10.3. The van der Waals surface area contributed by atoms with Gasteiger partial charge in [0.05, 0.1) is 11.4 Å². The molecular formula is C21H28N4O3S. The number of hydrogen-bond donors (Lipinski definition) is 2. The van der Waals surface area contributed by atoms with E-state index in [-0.39, 0.29) is 0 Å². The molecule has 1 aliphatic rings. The van der Waals surface area contributed by atoms with Gasteiger partial charge < -0.3 is 15.4 Å². The Labute approximate surface area is 172 Å². The predicted molar refractivity (Wildman–Crippen MR) is 115 cm³/mol. The van der Waals surface area contributed by atoms with Gasteiger partial charge in [0, 0.05) is 26.7 Å². The highest BCUT2D eigenvalue weighted by molar-refractivity contribution is 7.89. The maximum Gasteiger partial charge on any atom is 0.243 e. The van der Waals surface area contributed by atoms with Crippen LogP contribution in [0.3, 0.4) is 0 Å². The second-order valence-electron chi connectivity index (χ2n) is 6.77. The van der Waals surface area contributed by atoms with Gasteiger partial charge in [0.15, 0.2) is 5.96 Å². The second-order valence-corrected chi connectivity index (χ2v) is 8.71. The van der Waals surface area contributed by atoms with E-state index in [1.54, 1.807) is 23.5 Å². The molecule has 7 nitrogen and oxygen atoms in total. The lowest BCUT2D eigenvalue weighted by Crippen LogP contribution is -2.38. The number of rotatable bonds is 8. The zero-order valence-corrected chi connectivity index (χ0v) is 17.5. The summed E-state index contributed by atoms with van der Waals surface area (Å²) in [5, 5.41) is 6.42. The van der Waals surface area contributed by atoms with Crippen LogP contribution in [-0.2, 0) is 16.6 Å². The Bertz CT molecular complexity index is 893. The van der Waals surface area contributed by atoms with Crippen molar-refractivity contribution in [3.8, 4) is 5.75 Å². The first-order valence-corrected chi connectivity index (χ1v) is 11.2. The third-order valence-electron chi connectivity index (χ3n) is 4.72. The number of ether oxygens (including phenoxy) is 1. The Kier molecular flexibility index (Phi) is 7.48. The summed E-state index contributed by atoms with van der Waals surface area (Å²) in [5.74, 6) is 1.50. The summed E-state index contributed by atoms with van der Waals surface area (Å²) in [6, 6.07) is 16.7. The summed E-state index contributed by atoms with van der Waals surface area (Å²) in [6.07, 6.45) is 1.87. The molecule has 0 spiro atoms. The van der Waals surface area contributed by atoms with Gasteiger partial charge in [0.2, 0.25) is 10.0 Å². The molecule has 156 valence electrons. The average molecular weight is 417 g/mol. The maximum atomic E-state index is 12.6. The van der Waals surface area contributed by atoms with Crippen molar-refractivity contribution in [3.05, 3.63) is 60.2 Å². The fourth-order valence-corrected chi connectivity index (χ4v) is 4.64. The van der Waals surface area contributed by atoms with Crippen molar-refractivity contribution in [2.75, 3.05) is 33.3 Å². The molecule has 2 N–H and O–H groups in total. The van der Waals surface area contributed by atoms with Crippen molar-refractivity contribution >= 4 is 16.0 Å². The van der Waals surface area contributed by atoms with Gasteiger partial charge in [-0.3, -0.25) is 4.99 Å². The van der Waals surface area contributed by atoms with E-state index in [0.717, 1.165) is 24.2 Å². The maximum absolute atomic E-state index is 12.6. The van der Waals surface area contributed by atoms with Crippen molar-refractivity contribution in [2.24, 2.45) is 4.99 Å². The van der Waals surface area contributed by atoms with Gasteiger partial charge in [0.1, 0.15) is 12.4 Å². The van der Waals surface area contributed by atoms with Gasteiger partial charge in [-0.2, -0.15) is 4.31 Å². The summed E-state index contributed by atoms with van der Waals surface area (Å²) in [5.41, 5.74) is 0.980. The van der Waals surface area contributed by atoms with Crippen LogP contribution in [0.15, 0.2) is 64.5 Å². The third kappa shape index (κ3) is 5.95. The highest BCUT2D eigenvalue weighted by Crippen LogP contribution is 2.21. The Morgan fingerprint density at radius 2 is 1.72 bits per heavy atom. The lowest BCUT2D eigenvalue weighted by molar-refractivity contribution is 0.322. The lowest BCUT2D eigenvalue weighted by Gasteiger charge is -2.16. The van der Waals surface area contributed by atoms with Crippen LogP contribution in [0.4, 0.5) is 0 Å². The molecule has 1 heterocycles. The average Bonchev–Trinajstić information content (AvgIpc) is 3.30. The van der Waals surface area contributed by atoms with Crippen molar-refractivity contribution in [1.29, 1.82) is 0 Å². The van der Waals surface area contributed by atoms with E-state index in [1.165, 1.54) is 0 Å². The SMILES string of the molecule is CN=C(NCCOc1ccccc1)NCc1ccc(S(=O)(=O)N2CCCC2)cc1. The summed E-state index contributed by atoms with van der Waals surface area (Å²) >= 11 is 0. The smallest absolute Gasteiger partial charge is 0.243 e. The molecule has 29 heavy (non-hydrogen) atoms. The van der Waals surface area contributed by atoms with E-state index < -0.39 is 10.0 Å². The summed E-state index contributed by atoms with van der Waals surface area (Å²) < 4.78 is 32.4. The first-order chi connectivity index (χ1) is 14.1. The van der Waals surface area contributed by atoms with Gasteiger partial charge in [-0.25, -0.2) is 8.42 Å². The number of para-hydroxylation sites is 1. The molecule has 3 rings (SSSR count). The highest BCUT2D eigenvalue weighted by Gasteiger charge is 2.26. The van der Waals surface area contributed by atoms with E-state index in [0.29, 0.717) is 43.6 Å².